The van der Waals surface area contributed by atoms with Crippen LogP contribution < -0.4 is 5.32 Å². The number of rotatable bonds is 8. The Hall–Kier alpha value is -0.120. The van der Waals surface area contributed by atoms with Gasteiger partial charge in [0.2, 0.25) is 0 Å². The molecule has 1 aliphatic rings. The summed E-state index contributed by atoms with van der Waals surface area (Å²) < 4.78 is 0. The minimum atomic E-state index is 0.755. The highest BCUT2D eigenvalue weighted by atomic mass is 15.2. The summed E-state index contributed by atoms with van der Waals surface area (Å²) in [6, 6.07) is 0.785. The largest absolute Gasteiger partial charge is 0.316 e. The number of hydrogen-bond acceptors (Lipinski definition) is 3. The molecule has 0 aromatic carbocycles. The standard InChI is InChI=1S/C15H33N3/c1-13(2)9-16-10-14(3)11-18-8-6-7-15(18)12-17(4)5/h13-16H,6-12H2,1-5H3. The minimum Gasteiger partial charge on any atom is -0.316 e. The lowest BCUT2D eigenvalue weighted by atomic mass is 10.1. The van der Waals surface area contributed by atoms with Crippen molar-refractivity contribution in [2.75, 3.05) is 46.8 Å². The Morgan fingerprint density at radius 1 is 1.22 bits per heavy atom. The second-order valence-electron chi connectivity index (χ2n) is 6.71. The van der Waals surface area contributed by atoms with Crippen LogP contribution >= 0.6 is 0 Å². The summed E-state index contributed by atoms with van der Waals surface area (Å²) in [5, 5.41) is 3.58. The Balaban J connectivity index is 2.23. The quantitative estimate of drug-likeness (QED) is 0.714. The van der Waals surface area contributed by atoms with Crippen molar-refractivity contribution in [2.24, 2.45) is 11.8 Å². The maximum absolute atomic E-state index is 3.58. The Bertz CT molecular complexity index is 216. The first-order valence-corrected chi connectivity index (χ1v) is 7.58. The van der Waals surface area contributed by atoms with E-state index in [-0.39, 0.29) is 0 Å². The molecule has 1 fully saturated rings. The fourth-order valence-electron chi connectivity index (χ4n) is 2.85. The summed E-state index contributed by atoms with van der Waals surface area (Å²) in [5.41, 5.74) is 0. The summed E-state index contributed by atoms with van der Waals surface area (Å²) in [4.78, 5) is 5.02. The number of likely N-dealkylation sites (tertiary alicyclic amines) is 1. The zero-order valence-electron chi connectivity index (χ0n) is 13.1. The van der Waals surface area contributed by atoms with Crippen LogP contribution in [0.25, 0.3) is 0 Å². The smallest absolute Gasteiger partial charge is 0.0223 e. The van der Waals surface area contributed by atoms with E-state index in [4.69, 9.17) is 0 Å². The van der Waals surface area contributed by atoms with Crippen LogP contribution in [0.5, 0.6) is 0 Å². The molecule has 2 unspecified atom stereocenters. The molecule has 1 saturated heterocycles. The monoisotopic (exact) mass is 255 g/mol. The SMILES string of the molecule is CC(C)CNCC(C)CN1CCCC1CN(C)C. The topological polar surface area (TPSA) is 18.5 Å². The predicted molar refractivity (Wildman–Crippen MR) is 80.0 cm³/mol. The van der Waals surface area contributed by atoms with Gasteiger partial charge in [0.15, 0.2) is 0 Å². The van der Waals surface area contributed by atoms with Crippen molar-refractivity contribution >= 4 is 0 Å². The van der Waals surface area contributed by atoms with Crippen LogP contribution in [-0.2, 0) is 0 Å². The third kappa shape index (κ3) is 6.17. The lowest BCUT2D eigenvalue weighted by molar-refractivity contribution is 0.184. The molecule has 3 nitrogen and oxygen atoms in total. The predicted octanol–water partition coefficient (Wildman–Crippen LogP) is 1.89. The second kappa shape index (κ2) is 8.13. The van der Waals surface area contributed by atoms with Crippen molar-refractivity contribution < 1.29 is 0 Å². The third-order valence-corrected chi connectivity index (χ3v) is 3.67. The van der Waals surface area contributed by atoms with Crippen LogP contribution in [0.2, 0.25) is 0 Å². The Morgan fingerprint density at radius 3 is 2.56 bits per heavy atom. The summed E-state index contributed by atoms with van der Waals surface area (Å²) >= 11 is 0. The van der Waals surface area contributed by atoms with Gasteiger partial charge in [-0.25, -0.2) is 0 Å². The Kier molecular flexibility index (Phi) is 7.20. The molecule has 1 heterocycles. The lowest BCUT2D eigenvalue weighted by Crippen LogP contribution is -2.41. The lowest BCUT2D eigenvalue weighted by Gasteiger charge is -2.29. The molecule has 0 bridgehead atoms. The van der Waals surface area contributed by atoms with E-state index in [1.807, 2.05) is 0 Å². The number of likely N-dealkylation sites (N-methyl/N-ethyl adjacent to an activating group) is 1. The van der Waals surface area contributed by atoms with Crippen molar-refractivity contribution in [2.45, 2.75) is 39.7 Å². The van der Waals surface area contributed by atoms with Crippen molar-refractivity contribution in [1.82, 2.24) is 15.1 Å². The molecule has 0 saturated carbocycles. The van der Waals surface area contributed by atoms with Crippen molar-refractivity contribution in [3.8, 4) is 0 Å². The molecule has 0 spiro atoms. The van der Waals surface area contributed by atoms with Gasteiger partial charge in [-0.3, -0.25) is 4.90 Å². The first-order valence-electron chi connectivity index (χ1n) is 7.58. The molecular formula is C15H33N3. The Labute approximate surface area is 114 Å². The van der Waals surface area contributed by atoms with E-state index in [2.05, 4.69) is 50.0 Å². The van der Waals surface area contributed by atoms with Crippen molar-refractivity contribution in [1.29, 1.82) is 0 Å². The normalized spacial score (nSPS) is 23.2. The van der Waals surface area contributed by atoms with E-state index in [9.17, 15) is 0 Å². The Morgan fingerprint density at radius 2 is 1.94 bits per heavy atom. The van der Waals surface area contributed by atoms with Gasteiger partial charge in [0, 0.05) is 19.1 Å². The van der Waals surface area contributed by atoms with E-state index >= 15 is 0 Å². The molecular weight excluding hydrogens is 222 g/mol. The van der Waals surface area contributed by atoms with Gasteiger partial charge in [0.05, 0.1) is 0 Å². The van der Waals surface area contributed by atoms with E-state index in [1.54, 1.807) is 0 Å². The zero-order valence-corrected chi connectivity index (χ0v) is 13.1. The molecule has 18 heavy (non-hydrogen) atoms. The van der Waals surface area contributed by atoms with Crippen LogP contribution in [-0.4, -0.2) is 62.7 Å². The van der Waals surface area contributed by atoms with Gasteiger partial charge in [0.25, 0.3) is 0 Å². The van der Waals surface area contributed by atoms with Crippen LogP contribution in [0.1, 0.15) is 33.6 Å². The maximum atomic E-state index is 3.58. The molecule has 108 valence electrons. The fraction of sp³-hybridized carbons (Fsp3) is 1.00. The summed E-state index contributed by atoms with van der Waals surface area (Å²) in [5.74, 6) is 1.51. The highest BCUT2D eigenvalue weighted by Gasteiger charge is 2.25. The molecule has 0 aliphatic carbocycles. The van der Waals surface area contributed by atoms with Gasteiger partial charge < -0.3 is 10.2 Å². The third-order valence-electron chi connectivity index (χ3n) is 3.67. The number of nitrogens with zero attached hydrogens (tertiary/aromatic N) is 2. The molecule has 2 atom stereocenters. The number of hydrogen-bond donors (Lipinski definition) is 1. The molecule has 3 heteroatoms. The highest BCUT2D eigenvalue weighted by Crippen LogP contribution is 2.18. The van der Waals surface area contributed by atoms with Crippen molar-refractivity contribution in [3.63, 3.8) is 0 Å². The van der Waals surface area contributed by atoms with Gasteiger partial charge in [-0.2, -0.15) is 0 Å². The molecule has 0 radical (unpaired) electrons. The van der Waals surface area contributed by atoms with Crippen LogP contribution in [0.4, 0.5) is 0 Å². The van der Waals surface area contributed by atoms with Gasteiger partial charge in [-0.05, 0) is 58.4 Å². The van der Waals surface area contributed by atoms with Crippen LogP contribution in [0, 0.1) is 11.8 Å². The first-order chi connectivity index (χ1) is 8.49. The van der Waals surface area contributed by atoms with E-state index < -0.39 is 0 Å². The molecule has 0 amide bonds. The molecule has 1 N–H and O–H groups in total. The van der Waals surface area contributed by atoms with Crippen LogP contribution in [0.3, 0.4) is 0 Å². The van der Waals surface area contributed by atoms with Crippen LogP contribution in [0.15, 0.2) is 0 Å². The average molecular weight is 255 g/mol. The molecule has 0 aromatic heterocycles. The second-order valence-corrected chi connectivity index (χ2v) is 6.71. The first kappa shape index (κ1) is 15.9. The molecule has 0 aromatic rings. The van der Waals surface area contributed by atoms with Gasteiger partial charge in [-0.15, -0.1) is 0 Å². The van der Waals surface area contributed by atoms with E-state index in [0.717, 1.165) is 31.0 Å². The summed E-state index contributed by atoms with van der Waals surface area (Å²) in [6.07, 6.45) is 2.76. The number of nitrogens with one attached hydrogen (secondary N) is 1. The fourth-order valence-corrected chi connectivity index (χ4v) is 2.85. The zero-order chi connectivity index (χ0) is 13.5. The molecule has 1 rings (SSSR count). The summed E-state index contributed by atoms with van der Waals surface area (Å²) in [6.45, 7) is 13.0. The van der Waals surface area contributed by atoms with Crippen molar-refractivity contribution in [3.05, 3.63) is 0 Å². The van der Waals surface area contributed by atoms with Gasteiger partial charge in [-0.1, -0.05) is 20.8 Å². The van der Waals surface area contributed by atoms with Gasteiger partial charge in [0.1, 0.15) is 0 Å². The van der Waals surface area contributed by atoms with Gasteiger partial charge >= 0.3 is 0 Å². The summed E-state index contributed by atoms with van der Waals surface area (Å²) in [7, 11) is 4.37. The highest BCUT2D eigenvalue weighted by molar-refractivity contribution is 4.82. The minimum absolute atomic E-state index is 0.755. The average Bonchev–Trinajstić information content (AvgIpc) is 2.64. The van der Waals surface area contributed by atoms with E-state index in [1.165, 1.54) is 32.5 Å². The molecule has 1 aliphatic heterocycles. The maximum Gasteiger partial charge on any atom is 0.0223 e. The van der Waals surface area contributed by atoms with E-state index in [0.29, 0.717) is 0 Å².